The van der Waals surface area contributed by atoms with Crippen LogP contribution in [0.1, 0.15) is 69.5 Å². The molecule has 1 aromatic rings. The van der Waals surface area contributed by atoms with Crippen molar-refractivity contribution in [1.82, 2.24) is 10.3 Å². The van der Waals surface area contributed by atoms with Crippen molar-refractivity contribution in [2.75, 3.05) is 7.05 Å². The molecule has 0 radical (unpaired) electrons. The summed E-state index contributed by atoms with van der Waals surface area (Å²) in [5.74, 6) is 1.25. The molecule has 0 saturated heterocycles. The van der Waals surface area contributed by atoms with Gasteiger partial charge in [-0.1, -0.05) is 26.7 Å². The fourth-order valence-corrected chi connectivity index (χ4v) is 2.77. The summed E-state index contributed by atoms with van der Waals surface area (Å²) in [7, 11) is 1.97. The first kappa shape index (κ1) is 15.3. The highest BCUT2D eigenvalue weighted by molar-refractivity contribution is 5.26. The van der Waals surface area contributed by atoms with E-state index >= 15 is 0 Å². The topological polar surface area (TPSA) is 34.1 Å². The third-order valence-electron chi connectivity index (χ3n) is 3.94. The lowest BCUT2D eigenvalue weighted by Gasteiger charge is -2.18. The second-order valence-electron chi connectivity index (χ2n) is 6.15. The molecule has 1 aliphatic rings. The Hall–Kier alpha value is -1.09. The molecule has 20 heavy (non-hydrogen) atoms. The highest BCUT2D eigenvalue weighted by Crippen LogP contribution is 2.24. The van der Waals surface area contributed by atoms with Gasteiger partial charge >= 0.3 is 0 Å². The summed E-state index contributed by atoms with van der Waals surface area (Å²) >= 11 is 0. The zero-order chi connectivity index (χ0) is 14.4. The minimum absolute atomic E-state index is 0.356. The van der Waals surface area contributed by atoms with E-state index in [4.69, 9.17) is 4.74 Å². The number of nitrogens with zero attached hydrogens (tertiary/aromatic N) is 1. The van der Waals surface area contributed by atoms with Crippen LogP contribution in [0, 0.1) is 0 Å². The van der Waals surface area contributed by atoms with Gasteiger partial charge in [0, 0.05) is 18.3 Å². The third-order valence-corrected chi connectivity index (χ3v) is 3.94. The monoisotopic (exact) mass is 276 g/mol. The number of ether oxygens (including phenoxy) is 1. The molecule has 0 aromatic carbocycles. The van der Waals surface area contributed by atoms with Crippen molar-refractivity contribution >= 4 is 0 Å². The molecule has 1 aliphatic carbocycles. The Balaban J connectivity index is 2.12. The van der Waals surface area contributed by atoms with Crippen LogP contribution in [0.3, 0.4) is 0 Å². The largest absolute Gasteiger partial charge is 0.474 e. The molecule has 0 amide bonds. The first-order valence-corrected chi connectivity index (χ1v) is 8.01. The average Bonchev–Trinajstić information content (AvgIpc) is 2.67. The second kappa shape index (κ2) is 7.63. The Kier molecular flexibility index (Phi) is 5.84. The summed E-state index contributed by atoms with van der Waals surface area (Å²) in [5.41, 5.74) is 2.39. The molecule has 0 aliphatic heterocycles. The van der Waals surface area contributed by atoms with Crippen LogP contribution in [-0.2, 0) is 6.54 Å². The Morgan fingerprint density at radius 2 is 1.90 bits per heavy atom. The summed E-state index contributed by atoms with van der Waals surface area (Å²) in [6.45, 7) is 5.23. The van der Waals surface area contributed by atoms with Gasteiger partial charge in [0.15, 0.2) is 0 Å². The smallest absolute Gasteiger partial charge is 0.214 e. The maximum absolute atomic E-state index is 6.17. The lowest BCUT2D eigenvalue weighted by atomic mass is 10.1. The van der Waals surface area contributed by atoms with Crippen molar-refractivity contribution in [2.45, 2.75) is 70.9 Å². The molecule has 1 N–H and O–H groups in total. The molecule has 112 valence electrons. The van der Waals surface area contributed by atoms with Crippen molar-refractivity contribution in [3.05, 3.63) is 23.4 Å². The van der Waals surface area contributed by atoms with Crippen molar-refractivity contribution in [3.63, 3.8) is 0 Å². The van der Waals surface area contributed by atoms with E-state index < -0.39 is 0 Å². The van der Waals surface area contributed by atoms with E-state index in [1.165, 1.54) is 44.1 Å². The van der Waals surface area contributed by atoms with Gasteiger partial charge in [-0.3, -0.25) is 0 Å². The maximum atomic E-state index is 6.17. The van der Waals surface area contributed by atoms with Gasteiger partial charge in [-0.05, 0) is 50.3 Å². The van der Waals surface area contributed by atoms with Crippen LogP contribution in [0.15, 0.2) is 12.1 Å². The predicted octanol–water partition coefficient (Wildman–Crippen LogP) is 4.03. The lowest BCUT2D eigenvalue weighted by molar-refractivity contribution is 0.175. The van der Waals surface area contributed by atoms with Crippen LogP contribution in [0.5, 0.6) is 5.88 Å². The van der Waals surface area contributed by atoms with E-state index in [0.29, 0.717) is 12.0 Å². The maximum Gasteiger partial charge on any atom is 0.214 e. The van der Waals surface area contributed by atoms with Gasteiger partial charge < -0.3 is 10.1 Å². The van der Waals surface area contributed by atoms with E-state index in [0.717, 1.165) is 18.1 Å². The van der Waals surface area contributed by atoms with Crippen LogP contribution in [-0.4, -0.2) is 18.1 Å². The molecule has 1 heterocycles. The van der Waals surface area contributed by atoms with Crippen LogP contribution in [0.2, 0.25) is 0 Å². The Labute approximate surface area is 123 Å². The number of hydrogen-bond donors (Lipinski definition) is 1. The zero-order valence-electron chi connectivity index (χ0n) is 13.1. The second-order valence-corrected chi connectivity index (χ2v) is 6.15. The molecule has 3 heteroatoms. The van der Waals surface area contributed by atoms with Gasteiger partial charge in [0.1, 0.15) is 6.10 Å². The van der Waals surface area contributed by atoms with E-state index in [1.54, 1.807) is 0 Å². The highest BCUT2D eigenvalue weighted by Gasteiger charge is 2.15. The van der Waals surface area contributed by atoms with E-state index in [9.17, 15) is 0 Å². The number of nitrogens with one attached hydrogen (secondary N) is 1. The number of rotatable bonds is 5. The minimum atomic E-state index is 0.356. The van der Waals surface area contributed by atoms with E-state index in [-0.39, 0.29) is 0 Å². The Morgan fingerprint density at radius 3 is 2.50 bits per heavy atom. The summed E-state index contributed by atoms with van der Waals surface area (Å²) in [6, 6.07) is 4.27. The summed E-state index contributed by atoms with van der Waals surface area (Å²) in [4.78, 5) is 4.69. The summed E-state index contributed by atoms with van der Waals surface area (Å²) in [6.07, 6.45) is 7.99. The number of pyridine rings is 1. The van der Waals surface area contributed by atoms with Crippen LogP contribution in [0.25, 0.3) is 0 Å². The fraction of sp³-hybridized carbons (Fsp3) is 0.706. The van der Waals surface area contributed by atoms with Gasteiger partial charge in [0.05, 0.1) is 0 Å². The summed E-state index contributed by atoms with van der Waals surface area (Å²) < 4.78 is 6.17. The predicted molar refractivity (Wildman–Crippen MR) is 83.2 cm³/mol. The van der Waals surface area contributed by atoms with Crippen molar-refractivity contribution in [2.24, 2.45) is 0 Å². The van der Waals surface area contributed by atoms with Crippen molar-refractivity contribution < 1.29 is 4.74 Å². The molecule has 3 nitrogen and oxygen atoms in total. The van der Waals surface area contributed by atoms with E-state index in [2.05, 4.69) is 36.3 Å². The van der Waals surface area contributed by atoms with Gasteiger partial charge in [0.2, 0.25) is 5.88 Å². The number of hydrogen-bond acceptors (Lipinski definition) is 3. The zero-order valence-corrected chi connectivity index (χ0v) is 13.1. The van der Waals surface area contributed by atoms with Crippen LogP contribution in [0.4, 0.5) is 0 Å². The first-order valence-electron chi connectivity index (χ1n) is 8.01. The van der Waals surface area contributed by atoms with Crippen molar-refractivity contribution in [1.29, 1.82) is 0 Å². The Morgan fingerprint density at radius 1 is 1.20 bits per heavy atom. The normalized spacial score (nSPS) is 17.2. The van der Waals surface area contributed by atoms with Gasteiger partial charge in [-0.2, -0.15) is 0 Å². The molecule has 0 bridgehead atoms. The van der Waals surface area contributed by atoms with Gasteiger partial charge in [-0.15, -0.1) is 0 Å². The van der Waals surface area contributed by atoms with Gasteiger partial charge in [-0.25, -0.2) is 4.98 Å². The summed E-state index contributed by atoms with van der Waals surface area (Å²) in [5, 5.41) is 3.21. The standard InChI is InChI=1S/C17H28N2O/c1-13(2)16-10-14(12-18-3)11-17(19-16)20-15-8-6-4-5-7-9-15/h10-11,13,15,18H,4-9,12H2,1-3H3. The molecule has 1 fully saturated rings. The molecule has 2 rings (SSSR count). The highest BCUT2D eigenvalue weighted by atomic mass is 16.5. The number of aromatic nitrogens is 1. The Bertz CT molecular complexity index is 409. The molecule has 0 unspecified atom stereocenters. The van der Waals surface area contributed by atoms with Crippen molar-refractivity contribution in [3.8, 4) is 5.88 Å². The third kappa shape index (κ3) is 4.48. The fourth-order valence-electron chi connectivity index (χ4n) is 2.77. The molecule has 1 aromatic heterocycles. The molecular weight excluding hydrogens is 248 g/mol. The minimum Gasteiger partial charge on any atom is -0.474 e. The average molecular weight is 276 g/mol. The molecule has 1 saturated carbocycles. The molecule has 0 spiro atoms. The van der Waals surface area contributed by atoms with Crippen LogP contribution >= 0.6 is 0 Å². The van der Waals surface area contributed by atoms with Crippen LogP contribution < -0.4 is 10.1 Å². The van der Waals surface area contributed by atoms with Gasteiger partial charge in [0.25, 0.3) is 0 Å². The quantitative estimate of drug-likeness (QED) is 0.825. The molecule has 0 atom stereocenters. The van der Waals surface area contributed by atoms with E-state index in [1.807, 2.05) is 7.05 Å². The lowest BCUT2D eigenvalue weighted by Crippen LogP contribution is -2.17. The molecular formula is C17H28N2O. The first-order chi connectivity index (χ1) is 9.69. The SMILES string of the molecule is CNCc1cc(OC2CCCCCC2)nc(C(C)C)c1.